The predicted octanol–water partition coefficient (Wildman–Crippen LogP) is 0.928. The zero-order valence-electron chi connectivity index (χ0n) is 11.7. The summed E-state index contributed by atoms with van der Waals surface area (Å²) in [6.07, 6.45) is 5.03. The van der Waals surface area contributed by atoms with E-state index in [2.05, 4.69) is 5.10 Å². The Labute approximate surface area is 113 Å². The van der Waals surface area contributed by atoms with Crippen molar-refractivity contribution >= 4 is 5.91 Å². The van der Waals surface area contributed by atoms with Crippen LogP contribution in [0.25, 0.3) is 0 Å². The minimum Gasteiger partial charge on any atom is -0.338 e. The zero-order chi connectivity index (χ0) is 13.6. The second-order valence-electron chi connectivity index (χ2n) is 6.07. The molecule has 3 atom stereocenters. The fraction of sp³-hybridized carbons (Fsp3) is 0.714. The van der Waals surface area contributed by atoms with Crippen LogP contribution < -0.4 is 5.73 Å². The number of amides is 1. The highest BCUT2D eigenvalue weighted by atomic mass is 16.2. The lowest BCUT2D eigenvalue weighted by atomic mass is 9.79. The first-order valence-electron chi connectivity index (χ1n) is 7.09. The standard InChI is InChI=1S/C14H22N4O/c1-9-13(6-16-17(9)2)14(19)18-7-10-3-4-12(15)5-11(10)8-18/h6,10-12H,3-5,7-8,15H2,1-2H3/t10-,11+,12?/m1/s1. The molecule has 3 rings (SSSR count). The van der Waals surface area contributed by atoms with Gasteiger partial charge in [0, 0.05) is 31.9 Å². The Balaban J connectivity index is 1.74. The van der Waals surface area contributed by atoms with Crippen molar-refractivity contribution in [2.75, 3.05) is 13.1 Å². The van der Waals surface area contributed by atoms with Gasteiger partial charge in [-0.25, -0.2) is 0 Å². The van der Waals surface area contributed by atoms with Crippen LogP contribution in [0.3, 0.4) is 0 Å². The molecule has 1 saturated carbocycles. The zero-order valence-corrected chi connectivity index (χ0v) is 11.7. The van der Waals surface area contributed by atoms with Crippen molar-refractivity contribution < 1.29 is 4.79 Å². The number of aromatic nitrogens is 2. The summed E-state index contributed by atoms with van der Waals surface area (Å²) in [5.74, 6) is 1.39. The van der Waals surface area contributed by atoms with Crippen LogP contribution in [0.2, 0.25) is 0 Å². The first kappa shape index (κ1) is 12.7. The van der Waals surface area contributed by atoms with Gasteiger partial charge in [-0.1, -0.05) is 0 Å². The van der Waals surface area contributed by atoms with E-state index in [9.17, 15) is 4.79 Å². The molecule has 2 fully saturated rings. The van der Waals surface area contributed by atoms with Gasteiger partial charge in [0.15, 0.2) is 0 Å². The van der Waals surface area contributed by atoms with E-state index in [1.54, 1.807) is 10.9 Å². The first-order chi connectivity index (χ1) is 9.06. The van der Waals surface area contributed by atoms with Gasteiger partial charge in [-0.2, -0.15) is 5.10 Å². The third-order valence-electron chi connectivity index (χ3n) is 4.84. The third kappa shape index (κ3) is 2.16. The average Bonchev–Trinajstić information content (AvgIpc) is 2.93. The quantitative estimate of drug-likeness (QED) is 0.819. The number of carbonyl (C=O) groups is 1. The van der Waals surface area contributed by atoms with E-state index >= 15 is 0 Å². The number of rotatable bonds is 1. The van der Waals surface area contributed by atoms with Crippen molar-refractivity contribution in [3.8, 4) is 0 Å². The Kier molecular flexibility index (Phi) is 3.09. The van der Waals surface area contributed by atoms with Gasteiger partial charge in [0.05, 0.1) is 11.8 Å². The number of hydrogen-bond acceptors (Lipinski definition) is 3. The largest absolute Gasteiger partial charge is 0.338 e. The molecule has 1 aromatic rings. The maximum Gasteiger partial charge on any atom is 0.257 e. The van der Waals surface area contributed by atoms with Gasteiger partial charge in [-0.05, 0) is 38.0 Å². The molecule has 1 unspecified atom stereocenters. The van der Waals surface area contributed by atoms with Gasteiger partial charge >= 0.3 is 0 Å². The summed E-state index contributed by atoms with van der Waals surface area (Å²) >= 11 is 0. The van der Waals surface area contributed by atoms with Crippen LogP contribution in [0.1, 0.15) is 35.3 Å². The van der Waals surface area contributed by atoms with Crippen LogP contribution in [0.15, 0.2) is 6.20 Å². The monoisotopic (exact) mass is 262 g/mol. The molecule has 1 aliphatic carbocycles. The highest BCUT2D eigenvalue weighted by Gasteiger charge is 2.39. The number of nitrogens with zero attached hydrogens (tertiary/aromatic N) is 3. The van der Waals surface area contributed by atoms with Crippen molar-refractivity contribution in [2.24, 2.45) is 24.6 Å². The molecule has 1 aliphatic heterocycles. The van der Waals surface area contributed by atoms with Crippen LogP contribution in [0.5, 0.6) is 0 Å². The molecule has 0 bridgehead atoms. The highest BCUT2D eigenvalue weighted by molar-refractivity contribution is 5.95. The van der Waals surface area contributed by atoms with Crippen LogP contribution in [-0.4, -0.2) is 39.7 Å². The molecule has 2 heterocycles. The number of carbonyl (C=O) groups excluding carboxylic acids is 1. The second-order valence-corrected chi connectivity index (χ2v) is 6.07. The normalized spacial score (nSPS) is 30.5. The van der Waals surface area contributed by atoms with Crippen LogP contribution in [0, 0.1) is 18.8 Å². The highest BCUT2D eigenvalue weighted by Crippen LogP contribution is 2.36. The van der Waals surface area contributed by atoms with Crippen LogP contribution in [0.4, 0.5) is 0 Å². The van der Waals surface area contributed by atoms with E-state index in [-0.39, 0.29) is 5.91 Å². The van der Waals surface area contributed by atoms with E-state index < -0.39 is 0 Å². The maximum absolute atomic E-state index is 12.5. The van der Waals surface area contributed by atoms with Gasteiger partial charge in [-0.15, -0.1) is 0 Å². The maximum atomic E-state index is 12.5. The fourth-order valence-electron chi connectivity index (χ4n) is 3.51. The Morgan fingerprint density at radius 3 is 2.79 bits per heavy atom. The van der Waals surface area contributed by atoms with Crippen molar-refractivity contribution in [3.63, 3.8) is 0 Å². The number of aryl methyl sites for hydroxylation is 1. The van der Waals surface area contributed by atoms with Crippen LogP contribution >= 0.6 is 0 Å². The van der Waals surface area contributed by atoms with Crippen molar-refractivity contribution in [1.29, 1.82) is 0 Å². The molecule has 0 radical (unpaired) electrons. The molecule has 0 spiro atoms. The Bertz CT molecular complexity index is 496. The molecule has 1 aromatic heterocycles. The Morgan fingerprint density at radius 2 is 2.11 bits per heavy atom. The van der Waals surface area contributed by atoms with Crippen LogP contribution in [-0.2, 0) is 7.05 Å². The lowest BCUT2D eigenvalue weighted by molar-refractivity contribution is 0.0783. The van der Waals surface area contributed by atoms with E-state index in [1.807, 2.05) is 18.9 Å². The number of hydrogen-bond donors (Lipinski definition) is 1. The third-order valence-corrected chi connectivity index (χ3v) is 4.84. The number of nitrogens with two attached hydrogens (primary N) is 1. The fourth-order valence-corrected chi connectivity index (χ4v) is 3.51. The summed E-state index contributed by atoms with van der Waals surface area (Å²) in [5.41, 5.74) is 7.72. The smallest absolute Gasteiger partial charge is 0.257 e. The second kappa shape index (κ2) is 4.63. The van der Waals surface area contributed by atoms with Crippen molar-refractivity contribution in [3.05, 3.63) is 17.5 Å². The first-order valence-corrected chi connectivity index (χ1v) is 7.09. The van der Waals surface area contributed by atoms with Crippen molar-refractivity contribution in [2.45, 2.75) is 32.2 Å². The van der Waals surface area contributed by atoms with E-state index in [4.69, 9.17) is 5.73 Å². The van der Waals surface area contributed by atoms with E-state index in [0.717, 1.165) is 37.2 Å². The lowest BCUT2D eigenvalue weighted by Gasteiger charge is -2.27. The van der Waals surface area contributed by atoms with E-state index in [1.165, 1.54) is 6.42 Å². The molecule has 5 heteroatoms. The molecular weight excluding hydrogens is 240 g/mol. The summed E-state index contributed by atoms with van der Waals surface area (Å²) < 4.78 is 1.76. The van der Waals surface area contributed by atoms with Crippen molar-refractivity contribution in [1.82, 2.24) is 14.7 Å². The summed E-state index contributed by atoms with van der Waals surface area (Å²) in [6, 6.07) is 0.330. The molecule has 2 N–H and O–H groups in total. The number of fused-ring (bicyclic) bond motifs is 1. The molecule has 104 valence electrons. The van der Waals surface area contributed by atoms with E-state index in [0.29, 0.717) is 17.9 Å². The van der Waals surface area contributed by atoms with Gasteiger partial charge in [-0.3, -0.25) is 9.48 Å². The molecule has 5 nitrogen and oxygen atoms in total. The summed E-state index contributed by atoms with van der Waals surface area (Å²) in [5, 5.41) is 4.16. The molecule has 0 aromatic carbocycles. The molecule has 19 heavy (non-hydrogen) atoms. The topological polar surface area (TPSA) is 64.2 Å². The van der Waals surface area contributed by atoms with Gasteiger partial charge in [0.25, 0.3) is 5.91 Å². The minimum atomic E-state index is 0.133. The van der Waals surface area contributed by atoms with Gasteiger partial charge in [0.2, 0.25) is 0 Å². The summed E-state index contributed by atoms with van der Waals surface area (Å²) in [7, 11) is 1.87. The Hall–Kier alpha value is -1.36. The molecular formula is C14H22N4O. The number of likely N-dealkylation sites (tertiary alicyclic amines) is 1. The molecule has 1 saturated heterocycles. The minimum absolute atomic E-state index is 0.133. The lowest BCUT2D eigenvalue weighted by Crippen LogP contribution is -2.32. The summed E-state index contributed by atoms with van der Waals surface area (Å²) in [6.45, 7) is 3.70. The van der Waals surface area contributed by atoms with Gasteiger partial charge in [0.1, 0.15) is 0 Å². The summed E-state index contributed by atoms with van der Waals surface area (Å²) in [4.78, 5) is 14.5. The SMILES string of the molecule is Cc1c(C(=O)N2C[C@H]3CCC(N)C[C@H]3C2)cnn1C. The predicted molar refractivity (Wildman–Crippen MR) is 72.7 cm³/mol. The Morgan fingerprint density at radius 1 is 1.37 bits per heavy atom. The molecule has 2 aliphatic rings. The molecule has 1 amide bonds. The van der Waals surface area contributed by atoms with Gasteiger partial charge < -0.3 is 10.6 Å². The average molecular weight is 262 g/mol.